The molecule has 2 atom stereocenters. The normalized spacial score (nSPS) is 24.9. The van der Waals surface area contributed by atoms with Crippen LogP contribution in [0.1, 0.15) is 30.9 Å². The van der Waals surface area contributed by atoms with Crippen molar-refractivity contribution in [2.24, 2.45) is 0 Å². The number of alkyl halides is 3. The predicted molar refractivity (Wildman–Crippen MR) is 73.4 cm³/mol. The van der Waals surface area contributed by atoms with Gasteiger partial charge in [0.15, 0.2) is 0 Å². The van der Waals surface area contributed by atoms with Crippen molar-refractivity contribution >= 4 is 0 Å². The van der Waals surface area contributed by atoms with Gasteiger partial charge in [0.1, 0.15) is 0 Å². The Morgan fingerprint density at radius 1 is 1.30 bits per heavy atom. The number of hydrogen-bond acceptors (Lipinski definition) is 2. The van der Waals surface area contributed by atoms with Crippen LogP contribution in [0.15, 0.2) is 24.3 Å². The minimum absolute atomic E-state index is 0.275. The number of rotatable bonds is 3. The summed E-state index contributed by atoms with van der Waals surface area (Å²) in [6.45, 7) is 3.41. The van der Waals surface area contributed by atoms with Crippen molar-refractivity contribution in [3.63, 3.8) is 0 Å². The molecule has 1 fully saturated rings. The van der Waals surface area contributed by atoms with Gasteiger partial charge in [-0.3, -0.25) is 0 Å². The smallest absolute Gasteiger partial charge is 0.310 e. The number of halogens is 3. The summed E-state index contributed by atoms with van der Waals surface area (Å²) in [5.41, 5.74) is -0.208. The Morgan fingerprint density at radius 3 is 2.65 bits per heavy atom. The van der Waals surface area contributed by atoms with E-state index in [0.717, 1.165) is 25.5 Å². The summed E-state index contributed by atoms with van der Waals surface area (Å²) in [6, 6.07) is 6.55. The molecule has 0 radical (unpaired) electrons. The Hall–Kier alpha value is -1.07. The molecular weight excluding hydrogens is 265 g/mol. The molecule has 0 saturated carbocycles. The predicted octanol–water partition coefficient (Wildman–Crippen LogP) is 3.28. The third-order valence-electron chi connectivity index (χ3n) is 4.11. The summed E-state index contributed by atoms with van der Waals surface area (Å²) in [5, 5.41) is 3.27. The summed E-state index contributed by atoms with van der Waals surface area (Å²) < 4.78 is 38.7. The van der Waals surface area contributed by atoms with Crippen LogP contribution in [0.5, 0.6) is 0 Å². The highest BCUT2D eigenvalue weighted by Gasteiger charge is 2.33. The molecule has 112 valence electrons. The maximum absolute atomic E-state index is 12.9. The molecule has 0 amide bonds. The van der Waals surface area contributed by atoms with Crippen molar-refractivity contribution in [2.75, 3.05) is 13.6 Å². The van der Waals surface area contributed by atoms with Crippen LogP contribution in [0.25, 0.3) is 0 Å². The van der Waals surface area contributed by atoms with Crippen LogP contribution in [-0.4, -0.2) is 30.6 Å². The second-order valence-electron chi connectivity index (χ2n) is 5.59. The lowest BCUT2D eigenvalue weighted by Crippen LogP contribution is -2.45. The van der Waals surface area contributed by atoms with E-state index in [1.807, 2.05) is 0 Å². The largest absolute Gasteiger partial charge is 0.416 e. The molecule has 20 heavy (non-hydrogen) atoms. The highest BCUT2D eigenvalue weighted by molar-refractivity contribution is 5.29. The summed E-state index contributed by atoms with van der Waals surface area (Å²) >= 11 is 0. The van der Waals surface area contributed by atoms with Crippen LogP contribution in [0.2, 0.25) is 0 Å². The van der Waals surface area contributed by atoms with E-state index in [2.05, 4.69) is 24.2 Å². The first-order chi connectivity index (χ1) is 9.38. The lowest BCUT2D eigenvalue weighted by molar-refractivity contribution is -0.138. The molecule has 0 bridgehead atoms. The topological polar surface area (TPSA) is 15.3 Å². The van der Waals surface area contributed by atoms with Gasteiger partial charge >= 0.3 is 6.18 Å². The van der Waals surface area contributed by atoms with E-state index in [1.54, 1.807) is 12.1 Å². The molecule has 1 aromatic carbocycles. The first-order valence-corrected chi connectivity index (χ1v) is 6.96. The number of piperidine rings is 1. The quantitative estimate of drug-likeness (QED) is 0.917. The molecule has 1 aliphatic rings. The Bertz CT molecular complexity index is 445. The highest BCUT2D eigenvalue weighted by Crippen LogP contribution is 2.31. The Kier molecular flexibility index (Phi) is 4.70. The van der Waals surface area contributed by atoms with Gasteiger partial charge in [-0.05, 0) is 45.0 Å². The molecular formula is C15H21F3N2. The zero-order chi connectivity index (χ0) is 14.8. The van der Waals surface area contributed by atoms with Crippen LogP contribution in [0.3, 0.4) is 0 Å². The average Bonchev–Trinajstić information content (AvgIpc) is 2.39. The Morgan fingerprint density at radius 2 is 2.00 bits per heavy atom. The van der Waals surface area contributed by atoms with E-state index in [0.29, 0.717) is 17.6 Å². The van der Waals surface area contributed by atoms with E-state index < -0.39 is 11.7 Å². The molecule has 2 rings (SSSR count). The van der Waals surface area contributed by atoms with Gasteiger partial charge in [0.05, 0.1) is 5.56 Å². The average molecular weight is 286 g/mol. The van der Waals surface area contributed by atoms with Crippen molar-refractivity contribution in [3.8, 4) is 0 Å². The second-order valence-corrected chi connectivity index (χ2v) is 5.59. The van der Waals surface area contributed by atoms with Gasteiger partial charge in [-0.15, -0.1) is 0 Å². The first kappa shape index (κ1) is 15.3. The van der Waals surface area contributed by atoms with E-state index in [1.165, 1.54) is 6.07 Å². The fourth-order valence-electron chi connectivity index (χ4n) is 2.68. The Labute approximate surface area is 118 Å². The SMILES string of the molecule is CC1CC(NCc2ccccc2C(F)(F)F)CCN1C. The van der Waals surface area contributed by atoms with Crippen molar-refractivity contribution in [2.45, 2.75) is 44.6 Å². The molecule has 0 aromatic heterocycles. The van der Waals surface area contributed by atoms with Crippen molar-refractivity contribution in [1.82, 2.24) is 10.2 Å². The molecule has 1 saturated heterocycles. The third kappa shape index (κ3) is 3.73. The molecule has 1 aromatic rings. The molecule has 0 spiro atoms. The second kappa shape index (κ2) is 6.14. The lowest BCUT2D eigenvalue weighted by Gasteiger charge is -2.35. The number of nitrogens with zero attached hydrogens (tertiary/aromatic N) is 1. The highest BCUT2D eigenvalue weighted by atomic mass is 19.4. The minimum atomic E-state index is -4.28. The molecule has 5 heteroatoms. The molecule has 0 aliphatic carbocycles. The van der Waals surface area contributed by atoms with Gasteiger partial charge in [0, 0.05) is 18.6 Å². The number of likely N-dealkylation sites (tertiary alicyclic amines) is 1. The van der Waals surface area contributed by atoms with E-state index >= 15 is 0 Å². The van der Waals surface area contributed by atoms with Crippen molar-refractivity contribution < 1.29 is 13.2 Å². The van der Waals surface area contributed by atoms with E-state index in [-0.39, 0.29) is 6.54 Å². The first-order valence-electron chi connectivity index (χ1n) is 6.96. The molecule has 1 heterocycles. The van der Waals surface area contributed by atoms with Crippen LogP contribution in [-0.2, 0) is 12.7 Å². The van der Waals surface area contributed by atoms with Crippen LogP contribution < -0.4 is 5.32 Å². The zero-order valence-electron chi connectivity index (χ0n) is 11.9. The molecule has 1 aliphatic heterocycles. The number of hydrogen-bond donors (Lipinski definition) is 1. The van der Waals surface area contributed by atoms with Gasteiger partial charge < -0.3 is 10.2 Å². The zero-order valence-corrected chi connectivity index (χ0v) is 11.9. The molecule has 1 N–H and O–H groups in total. The van der Waals surface area contributed by atoms with Gasteiger partial charge in [-0.25, -0.2) is 0 Å². The van der Waals surface area contributed by atoms with E-state index in [4.69, 9.17) is 0 Å². The fourth-order valence-corrected chi connectivity index (χ4v) is 2.68. The molecule has 2 nitrogen and oxygen atoms in total. The minimum Gasteiger partial charge on any atom is -0.310 e. The Balaban J connectivity index is 1.98. The van der Waals surface area contributed by atoms with Crippen LogP contribution >= 0.6 is 0 Å². The van der Waals surface area contributed by atoms with Crippen molar-refractivity contribution in [1.29, 1.82) is 0 Å². The van der Waals surface area contributed by atoms with Crippen LogP contribution in [0.4, 0.5) is 13.2 Å². The number of nitrogens with one attached hydrogen (secondary N) is 1. The third-order valence-corrected chi connectivity index (χ3v) is 4.11. The standard InChI is InChI=1S/C15H21F3N2/c1-11-9-13(7-8-20(11)2)19-10-12-5-3-4-6-14(12)15(16,17)18/h3-6,11,13,19H,7-10H2,1-2H3. The summed E-state index contributed by atoms with van der Waals surface area (Å²) in [6.07, 6.45) is -2.32. The van der Waals surface area contributed by atoms with Crippen molar-refractivity contribution in [3.05, 3.63) is 35.4 Å². The number of benzene rings is 1. The fraction of sp³-hybridized carbons (Fsp3) is 0.600. The van der Waals surface area contributed by atoms with Gasteiger partial charge in [0.2, 0.25) is 0 Å². The summed E-state index contributed by atoms with van der Waals surface area (Å²) in [4.78, 5) is 2.28. The van der Waals surface area contributed by atoms with Crippen LogP contribution in [0, 0.1) is 0 Å². The van der Waals surface area contributed by atoms with E-state index in [9.17, 15) is 13.2 Å². The molecule has 2 unspecified atom stereocenters. The maximum atomic E-state index is 12.9. The maximum Gasteiger partial charge on any atom is 0.416 e. The summed E-state index contributed by atoms with van der Waals surface area (Å²) in [5.74, 6) is 0. The summed E-state index contributed by atoms with van der Waals surface area (Å²) in [7, 11) is 2.08. The monoisotopic (exact) mass is 286 g/mol. The van der Waals surface area contributed by atoms with Gasteiger partial charge in [-0.1, -0.05) is 18.2 Å². The van der Waals surface area contributed by atoms with Gasteiger partial charge in [-0.2, -0.15) is 13.2 Å². The lowest BCUT2D eigenvalue weighted by atomic mass is 9.98. The van der Waals surface area contributed by atoms with Gasteiger partial charge in [0.25, 0.3) is 0 Å².